The van der Waals surface area contributed by atoms with Crippen LogP contribution in [0.15, 0.2) is 22.0 Å². The number of hydrogen-bond acceptors (Lipinski definition) is 5. The molecular formula is C17H11ClF2N6O2. The molecule has 1 fully saturated rings. The van der Waals surface area contributed by atoms with E-state index in [0.29, 0.717) is 16.7 Å². The highest BCUT2D eigenvalue weighted by Crippen LogP contribution is 2.45. The molecule has 8 nitrogen and oxygen atoms in total. The summed E-state index contributed by atoms with van der Waals surface area (Å²) < 4.78 is 31.5. The van der Waals surface area contributed by atoms with Crippen LogP contribution in [-0.2, 0) is 7.05 Å². The van der Waals surface area contributed by atoms with Gasteiger partial charge in [-0.2, -0.15) is 9.37 Å². The Bertz CT molecular complexity index is 1420. The fourth-order valence-electron chi connectivity index (χ4n) is 3.41. The van der Waals surface area contributed by atoms with Crippen LogP contribution in [0.1, 0.15) is 24.3 Å². The molecule has 1 N–H and O–H groups in total. The van der Waals surface area contributed by atoms with Gasteiger partial charge in [0.2, 0.25) is 5.95 Å². The summed E-state index contributed by atoms with van der Waals surface area (Å²) >= 11 is 5.77. The van der Waals surface area contributed by atoms with Crippen LogP contribution in [0, 0.1) is 11.8 Å². The van der Waals surface area contributed by atoms with E-state index in [2.05, 4.69) is 19.9 Å². The highest BCUT2D eigenvalue weighted by atomic mass is 35.5. The lowest BCUT2D eigenvalue weighted by Crippen LogP contribution is -2.31. The van der Waals surface area contributed by atoms with Crippen molar-refractivity contribution in [3.63, 3.8) is 0 Å². The van der Waals surface area contributed by atoms with Crippen molar-refractivity contribution in [2.24, 2.45) is 7.05 Å². The van der Waals surface area contributed by atoms with Crippen molar-refractivity contribution in [2.45, 2.75) is 18.8 Å². The van der Waals surface area contributed by atoms with Crippen LogP contribution in [0.4, 0.5) is 8.78 Å². The maximum atomic E-state index is 15.2. The third-order valence-electron chi connectivity index (χ3n) is 4.82. The van der Waals surface area contributed by atoms with E-state index in [-0.39, 0.29) is 22.6 Å². The van der Waals surface area contributed by atoms with Gasteiger partial charge in [0.1, 0.15) is 11.2 Å². The number of aromatic amines is 1. The maximum Gasteiger partial charge on any atom is 0.334 e. The molecule has 1 saturated carbocycles. The molecule has 0 saturated heterocycles. The highest BCUT2D eigenvalue weighted by Gasteiger charge is 2.34. The van der Waals surface area contributed by atoms with E-state index < -0.39 is 28.2 Å². The molecule has 1 aliphatic carbocycles. The molecule has 1 aliphatic rings. The van der Waals surface area contributed by atoms with E-state index in [1.54, 1.807) is 11.6 Å². The van der Waals surface area contributed by atoms with E-state index in [4.69, 9.17) is 11.6 Å². The van der Waals surface area contributed by atoms with Gasteiger partial charge in [-0.3, -0.25) is 9.78 Å². The lowest BCUT2D eigenvalue weighted by atomic mass is 10.1. The zero-order chi connectivity index (χ0) is 19.7. The van der Waals surface area contributed by atoms with Crippen molar-refractivity contribution in [2.75, 3.05) is 0 Å². The Kier molecular flexibility index (Phi) is 3.45. The first kappa shape index (κ1) is 17.0. The molecule has 0 bridgehead atoms. The molecule has 4 aromatic heterocycles. The minimum absolute atomic E-state index is 0.0188. The van der Waals surface area contributed by atoms with Crippen molar-refractivity contribution in [1.82, 2.24) is 29.1 Å². The molecule has 0 aliphatic heterocycles. The third kappa shape index (κ3) is 2.30. The number of halogens is 3. The molecular weight excluding hydrogens is 394 g/mol. The van der Waals surface area contributed by atoms with E-state index in [9.17, 15) is 14.0 Å². The topological polar surface area (TPSA) is 98.5 Å². The van der Waals surface area contributed by atoms with Crippen molar-refractivity contribution in [1.29, 1.82) is 0 Å². The lowest BCUT2D eigenvalue weighted by molar-refractivity contribution is 0.573. The zero-order valence-electron chi connectivity index (χ0n) is 14.3. The van der Waals surface area contributed by atoms with Crippen LogP contribution >= 0.6 is 11.6 Å². The van der Waals surface area contributed by atoms with Crippen molar-refractivity contribution in [3.8, 4) is 5.69 Å². The van der Waals surface area contributed by atoms with Crippen LogP contribution in [0.25, 0.3) is 27.9 Å². The number of pyridine rings is 2. The van der Waals surface area contributed by atoms with E-state index in [1.807, 2.05) is 0 Å². The zero-order valence-corrected chi connectivity index (χ0v) is 15.1. The molecule has 0 amide bonds. The second kappa shape index (κ2) is 5.68. The molecule has 0 aromatic carbocycles. The standard InChI is InChI=1S/C17H11ClF2N6O2/c1-25-5-21-10-9(6-2-3-6)11(13(20)23-15(10)25)26-14-7(16(27)24-17(26)28)4-8(19)12(18)22-14/h4-6H,2-3H2,1H3,(H,24,27,28). The molecule has 142 valence electrons. The number of aromatic nitrogens is 6. The van der Waals surface area contributed by atoms with Crippen LogP contribution in [0.2, 0.25) is 5.15 Å². The first-order valence-corrected chi connectivity index (χ1v) is 8.76. The monoisotopic (exact) mass is 404 g/mol. The van der Waals surface area contributed by atoms with Gasteiger partial charge in [0, 0.05) is 12.6 Å². The summed E-state index contributed by atoms with van der Waals surface area (Å²) in [4.78, 5) is 38.9. The summed E-state index contributed by atoms with van der Waals surface area (Å²) in [6, 6.07) is 0.862. The lowest BCUT2D eigenvalue weighted by Gasteiger charge is -2.14. The van der Waals surface area contributed by atoms with Gasteiger partial charge < -0.3 is 4.57 Å². The average molecular weight is 405 g/mol. The number of rotatable bonds is 2. The average Bonchev–Trinajstić information content (AvgIpc) is 3.41. The number of aryl methyl sites for hydroxylation is 1. The number of nitrogens with zero attached hydrogens (tertiary/aromatic N) is 5. The van der Waals surface area contributed by atoms with E-state index in [0.717, 1.165) is 23.5 Å². The van der Waals surface area contributed by atoms with Gasteiger partial charge in [0.15, 0.2) is 22.3 Å². The first-order valence-electron chi connectivity index (χ1n) is 8.38. The van der Waals surface area contributed by atoms with Gasteiger partial charge in [-0.1, -0.05) is 11.6 Å². The van der Waals surface area contributed by atoms with Crippen LogP contribution in [0.3, 0.4) is 0 Å². The summed E-state index contributed by atoms with van der Waals surface area (Å²) in [5.41, 5.74) is -0.887. The summed E-state index contributed by atoms with van der Waals surface area (Å²) in [6.45, 7) is 0. The predicted octanol–water partition coefficient (Wildman–Crippen LogP) is 2.16. The number of fused-ring (bicyclic) bond motifs is 2. The van der Waals surface area contributed by atoms with Gasteiger partial charge >= 0.3 is 5.69 Å². The molecule has 11 heteroatoms. The van der Waals surface area contributed by atoms with E-state index >= 15 is 4.39 Å². The smallest absolute Gasteiger partial charge is 0.318 e. The van der Waals surface area contributed by atoms with Crippen molar-refractivity contribution >= 4 is 33.8 Å². The Morgan fingerprint density at radius 2 is 1.96 bits per heavy atom. The Morgan fingerprint density at radius 3 is 2.68 bits per heavy atom. The molecule has 4 heterocycles. The fraction of sp³-hybridized carbons (Fsp3) is 0.235. The fourth-order valence-corrected chi connectivity index (χ4v) is 3.54. The van der Waals surface area contributed by atoms with Gasteiger partial charge in [-0.25, -0.2) is 23.7 Å². The van der Waals surface area contributed by atoms with Crippen LogP contribution in [0.5, 0.6) is 0 Å². The Balaban J connectivity index is 2.00. The third-order valence-corrected chi connectivity index (χ3v) is 5.08. The largest absolute Gasteiger partial charge is 0.334 e. The number of hydrogen-bond donors (Lipinski definition) is 1. The first-order chi connectivity index (χ1) is 13.4. The Morgan fingerprint density at radius 1 is 1.21 bits per heavy atom. The molecule has 0 atom stereocenters. The van der Waals surface area contributed by atoms with Gasteiger partial charge in [0.25, 0.3) is 5.56 Å². The SMILES string of the molecule is Cn1cnc2c(C3CC3)c(-n3c(=O)[nH]c(=O)c4cc(F)c(Cl)nc43)c(F)nc21. The maximum absolute atomic E-state index is 15.2. The van der Waals surface area contributed by atoms with Crippen LogP contribution in [-0.4, -0.2) is 29.1 Å². The Hall–Kier alpha value is -3.14. The normalized spacial score (nSPS) is 14.3. The van der Waals surface area contributed by atoms with Gasteiger partial charge in [0.05, 0.1) is 11.7 Å². The minimum Gasteiger partial charge on any atom is -0.318 e. The minimum atomic E-state index is -0.925. The summed E-state index contributed by atoms with van der Waals surface area (Å²) in [5, 5.41) is -0.768. The number of nitrogens with one attached hydrogen (secondary N) is 1. The summed E-state index contributed by atoms with van der Waals surface area (Å²) in [5.74, 6) is -1.86. The number of imidazole rings is 1. The van der Waals surface area contributed by atoms with Gasteiger partial charge in [-0.05, 0) is 24.8 Å². The molecule has 0 spiro atoms. The predicted molar refractivity (Wildman–Crippen MR) is 96.9 cm³/mol. The van der Waals surface area contributed by atoms with Gasteiger partial charge in [-0.15, -0.1) is 0 Å². The van der Waals surface area contributed by atoms with Crippen molar-refractivity contribution < 1.29 is 8.78 Å². The number of H-pyrrole nitrogens is 1. The molecule has 4 aromatic rings. The molecule has 5 rings (SSSR count). The van der Waals surface area contributed by atoms with E-state index in [1.165, 1.54) is 6.33 Å². The second-order valence-corrected chi connectivity index (χ2v) is 7.05. The molecule has 0 unspecified atom stereocenters. The summed E-state index contributed by atoms with van der Waals surface area (Å²) in [6.07, 6.45) is 3.09. The second-order valence-electron chi connectivity index (χ2n) is 6.69. The molecule has 28 heavy (non-hydrogen) atoms. The summed E-state index contributed by atoms with van der Waals surface area (Å²) in [7, 11) is 1.68. The quantitative estimate of drug-likeness (QED) is 0.516. The molecule has 0 radical (unpaired) electrons. The van der Waals surface area contributed by atoms with Crippen molar-refractivity contribution in [3.05, 3.63) is 55.7 Å². The Labute approximate surface area is 159 Å². The van der Waals surface area contributed by atoms with Crippen LogP contribution < -0.4 is 11.2 Å². The highest BCUT2D eigenvalue weighted by molar-refractivity contribution is 6.29.